The van der Waals surface area contributed by atoms with Crippen molar-refractivity contribution in [2.24, 2.45) is 0 Å². The van der Waals surface area contributed by atoms with E-state index < -0.39 is 30.5 Å². The number of esters is 2. The first-order valence-electron chi connectivity index (χ1n) is 9.78. The average Bonchev–Trinajstić information content (AvgIpc) is 3.05. The molecule has 9 heteroatoms. The molecule has 1 unspecified atom stereocenters. The van der Waals surface area contributed by atoms with E-state index >= 15 is 0 Å². The van der Waals surface area contributed by atoms with E-state index in [0.717, 1.165) is 5.56 Å². The molecule has 2 rings (SSSR count). The quantitative estimate of drug-likeness (QED) is 0.585. The van der Waals surface area contributed by atoms with Gasteiger partial charge in [0.05, 0.1) is 32.4 Å². The van der Waals surface area contributed by atoms with Crippen LogP contribution < -0.4 is 14.8 Å². The smallest absolute Gasteiger partial charge is 0.355 e. The molecular formula is C22H28N2O7. The number of benzene rings is 1. The van der Waals surface area contributed by atoms with E-state index in [9.17, 15) is 14.4 Å². The number of rotatable bonds is 9. The van der Waals surface area contributed by atoms with E-state index in [4.69, 9.17) is 18.9 Å². The zero-order valence-corrected chi connectivity index (χ0v) is 18.6. The Kier molecular flexibility index (Phi) is 8.07. The minimum Gasteiger partial charge on any atom is -0.497 e. The number of carbonyl (C=O) groups excluding carboxylic acids is 3. The maximum absolute atomic E-state index is 12.4. The lowest BCUT2D eigenvalue weighted by Crippen LogP contribution is -2.31. The van der Waals surface area contributed by atoms with Crippen LogP contribution in [0.4, 0.5) is 0 Å². The third-order valence-electron chi connectivity index (χ3n) is 4.74. The maximum Gasteiger partial charge on any atom is 0.355 e. The number of amides is 1. The van der Waals surface area contributed by atoms with Gasteiger partial charge in [0, 0.05) is 11.3 Å². The Morgan fingerprint density at radius 1 is 1.06 bits per heavy atom. The molecule has 1 heterocycles. The molecule has 31 heavy (non-hydrogen) atoms. The SMILES string of the molecule is CCOC(=O)c1c(C)[nH]c(C(=O)OCC(=O)NC(C)c2cc(OC)ccc2OC)c1C. The Labute approximate surface area is 181 Å². The lowest BCUT2D eigenvalue weighted by atomic mass is 10.1. The summed E-state index contributed by atoms with van der Waals surface area (Å²) < 4.78 is 20.7. The van der Waals surface area contributed by atoms with Gasteiger partial charge in [0.1, 0.15) is 17.2 Å². The zero-order valence-electron chi connectivity index (χ0n) is 18.6. The summed E-state index contributed by atoms with van der Waals surface area (Å²) in [6.07, 6.45) is 0. The van der Waals surface area contributed by atoms with Crippen LogP contribution >= 0.6 is 0 Å². The first kappa shape index (κ1) is 23.8. The van der Waals surface area contributed by atoms with Crippen LogP contribution in [0.1, 0.15) is 57.6 Å². The summed E-state index contributed by atoms with van der Waals surface area (Å²) in [5.41, 5.74) is 2.02. The number of carbonyl (C=O) groups is 3. The Bertz CT molecular complexity index is 965. The van der Waals surface area contributed by atoms with E-state index in [1.165, 1.54) is 7.11 Å². The van der Waals surface area contributed by atoms with Crippen molar-refractivity contribution in [3.8, 4) is 11.5 Å². The lowest BCUT2D eigenvalue weighted by Gasteiger charge is -2.18. The van der Waals surface area contributed by atoms with E-state index in [1.54, 1.807) is 53.0 Å². The molecule has 0 aliphatic carbocycles. The number of ether oxygens (including phenoxy) is 4. The number of aromatic amines is 1. The second kappa shape index (κ2) is 10.5. The first-order valence-corrected chi connectivity index (χ1v) is 9.78. The highest BCUT2D eigenvalue weighted by atomic mass is 16.5. The molecule has 1 amide bonds. The van der Waals surface area contributed by atoms with Gasteiger partial charge in [-0.2, -0.15) is 0 Å². The fourth-order valence-electron chi connectivity index (χ4n) is 3.21. The van der Waals surface area contributed by atoms with Gasteiger partial charge in [-0.3, -0.25) is 4.79 Å². The maximum atomic E-state index is 12.4. The molecule has 2 aromatic rings. The van der Waals surface area contributed by atoms with Crippen LogP contribution in [0.3, 0.4) is 0 Å². The van der Waals surface area contributed by atoms with Crippen molar-refractivity contribution in [1.82, 2.24) is 10.3 Å². The second-order valence-corrected chi connectivity index (χ2v) is 6.82. The summed E-state index contributed by atoms with van der Waals surface area (Å²) in [7, 11) is 3.08. The summed E-state index contributed by atoms with van der Waals surface area (Å²) >= 11 is 0. The van der Waals surface area contributed by atoms with Crippen molar-refractivity contribution < 1.29 is 33.3 Å². The van der Waals surface area contributed by atoms with Gasteiger partial charge in [-0.1, -0.05) is 0 Å². The molecule has 9 nitrogen and oxygen atoms in total. The molecule has 0 aliphatic heterocycles. The third-order valence-corrected chi connectivity index (χ3v) is 4.74. The Morgan fingerprint density at radius 3 is 2.39 bits per heavy atom. The average molecular weight is 432 g/mol. The predicted molar refractivity (Wildman–Crippen MR) is 113 cm³/mol. The van der Waals surface area contributed by atoms with Crippen LogP contribution in [0.5, 0.6) is 11.5 Å². The van der Waals surface area contributed by atoms with Gasteiger partial charge in [-0.25, -0.2) is 9.59 Å². The number of methoxy groups -OCH3 is 2. The highest BCUT2D eigenvalue weighted by molar-refractivity contribution is 5.99. The van der Waals surface area contributed by atoms with Crippen LogP contribution in [-0.4, -0.2) is 50.3 Å². The zero-order chi connectivity index (χ0) is 23.1. The van der Waals surface area contributed by atoms with Gasteiger partial charge in [-0.15, -0.1) is 0 Å². The van der Waals surface area contributed by atoms with E-state index in [1.807, 2.05) is 0 Å². The summed E-state index contributed by atoms with van der Waals surface area (Å²) in [6.45, 7) is 6.49. The van der Waals surface area contributed by atoms with E-state index in [0.29, 0.717) is 22.8 Å². The number of H-pyrrole nitrogens is 1. The fourth-order valence-corrected chi connectivity index (χ4v) is 3.21. The van der Waals surface area contributed by atoms with Gasteiger partial charge in [0.2, 0.25) is 0 Å². The monoisotopic (exact) mass is 432 g/mol. The summed E-state index contributed by atoms with van der Waals surface area (Å²) in [6, 6.07) is 4.84. The Balaban J connectivity index is 2.03. The van der Waals surface area contributed by atoms with Gasteiger partial charge < -0.3 is 29.2 Å². The van der Waals surface area contributed by atoms with Crippen molar-refractivity contribution >= 4 is 17.8 Å². The van der Waals surface area contributed by atoms with Gasteiger partial charge in [0.15, 0.2) is 6.61 Å². The number of nitrogens with one attached hydrogen (secondary N) is 2. The van der Waals surface area contributed by atoms with Crippen molar-refractivity contribution in [3.63, 3.8) is 0 Å². The standard InChI is InChI=1S/C22H28N2O7/c1-7-30-21(26)19-12(2)20(24-14(19)4)22(27)31-11-18(25)23-13(3)16-10-15(28-5)8-9-17(16)29-6/h8-10,13,24H,7,11H2,1-6H3,(H,23,25). The minimum absolute atomic E-state index is 0.107. The van der Waals surface area contributed by atoms with E-state index in [2.05, 4.69) is 10.3 Å². The van der Waals surface area contributed by atoms with Gasteiger partial charge in [0.25, 0.3) is 5.91 Å². The van der Waals surface area contributed by atoms with Gasteiger partial charge in [-0.05, 0) is 51.5 Å². The number of hydrogen-bond donors (Lipinski definition) is 2. The van der Waals surface area contributed by atoms with Crippen LogP contribution in [0, 0.1) is 13.8 Å². The molecule has 1 aromatic heterocycles. The number of hydrogen-bond acceptors (Lipinski definition) is 7. The fraction of sp³-hybridized carbons (Fsp3) is 0.409. The van der Waals surface area contributed by atoms with Crippen LogP contribution in [-0.2, 0) is 14.3 Å². The molecule has 0 saturated heterocycles. The van der Waals surface area contributed by atoms with Crippen LogP contribution in [0.25, 0.3) is 0 Å². The second-order valence-electron chi connectivity index (χ2n) is 6.82. The van der Waals surface area contributed by atoms with E-state index in [-0.39, 0.29) is 17.9 Å². The summed E-state index contributed by atoms with van der Waals surface area (Å²) in [5.74, 6) is -0.533. The minimum atomic E-state index is -0.738. The molecule has 0 fully saturated rings. The van der Waals surface area contributed by atoms with Gasteiger partial charge >= 0.3 is 11.9 Å². The van der Waals surface area contributed by atoms with Crippen LogP contribution in [0.2, 0.25) is 0 Å². The molecule has 0 bridgehead atoms. The normalized spacial score (nSPS) is 11.4. The Hall–Kier alpha value is -3.49. The highest BCUT2D eigenvalue weighted by Gasteiger charge is 2.24. The predicted octanol–water partition coefficient (Wildman–Crippen LogP) is 2.86. The molecule has 168 valence electrons. The molecule has 0 spiro atoms. The lowest BCUT2D eigenvalue weighted by molar-refractivity contribution is -0.124. The summed E-state index contributed by atoms with van der Waals surface area (Å²) in [5, 5.41) is 2.76. The van der Waals surface area contributed by atoms with Crippen molar-refractivity contribution in [3.05, 3.63) is 46.3 Å². The molecule has 0 saturated carbocycles. The van der Waals surface area contributed by atoms with Crippen molar-refractivity contribution in [2.75, 3.05) is 27.4 Å². The molecule has 1 atom stereocenters. The van der Waals surface area contributed by atoms with Crippen molar-refractivity contribution in [1.29, 1.82) is 0 Å². The molecule has 0 radical (unpaired) electrons. The number of aryl methyl sites for hydroxylation is 1. The highest BCUT2D eigenvalue weighted by Crippen LogP contribution is 2.29. The summed E-state index contributed by atoms with van der Waals surface area (Å²) in [4.78, 5) is 39.7. The molecule has 1 aromatic carbocycles. The first-order chi connectivity index (χ1) is 14.7. The van der Waals surface area contributed by atoms with Crippen LogP contribution in [0.15, 0.2) is 18.2 Å². The Morgan fingerprint density at radius 2 is 1.77 bits per heavy atom. The third kappa shape index (κ3) is 5.56. The topological polar surface area (TPSA) is 116 Å². The number of aromatic nitrogens is 1. The largest absolute Gasteiger partial charge is 0.497 e. The van der Waals surface area contributed by atoms with Crippen molar-refractivity contribution in [2.45, 2.75) is 33.7 Å². The molecule has 0 aliphatic rings. The molecule has 2 N–H and O–H groups in total. The molecular weight excluding hydrogens is 404 g/mol.